The van der Waals surface area contributed by atoms with Gasteiger partial charge in [-0.2, -0.15) is 5.26 Å². The normalized spacial score (nSPS) is 17.1. The molecule has 1 heterocycles. The molecule has 1 fully saturated rings. The van der Waals surface area contributed by atoms with Gasteiger partial charge in [-0.3, -0.25) is 4.79 Å². The van der Waals surface area contributed by atoms with E-state index >= 15 is 0 Å². The first-order valence-corrected chi connectivity index (χ1v) is 7.89. The van der Waals surface area contributed by atoms with Crippen molar-refractivity contribution in [3.63, 3.8) is 0 Å². The second-order valence-corrected chi connectivity index (χ2v) is 6.22. The molecule has 22 heavy (non-hydrogen) atoms. The van der Waals surface area contributed by atoms with Gasteiger partial charge in [0.25, 0.3) is 0 Å². The maximum atomic E-state index is 12.9. The van der Waals surface area contributed by atoms with Gasteiger partial charge in [-0.1, -0.05) is 26.0 Å². The Kier molecular flexibility index (Phi) is 5.43. The summed E-state index contributed by atoms with van der Waals surface area (Å²) in [7, 11) is 1.64. The van der Waals surface area contributed by atoms with E-state index in [4.69, 9.17) is 10.00 Å². The van der Waals surface area contributed by atoms with Crippen molar-refractivity contribution in [3.05, 3.63) is 29.8 Å². The number of nitrogens with zero attached hydrogens (tertiary/aromatic N) is 2. The molecule has 1 aromatic rings. The summed E-state index contributed by atoms with van der Waals surface area (Å²) in [5.41, 5.74) is 1.03. The van der Waals surface area contributed by atoms with Crippen LogP contribution in [0.5, 0.6) is 5.75 Å². The molecule has 2 rings (SSSR count). The lowest BCUT2D eigenvalue weighted by Gasteiger charge is -2.33. The predicted molar refractivity (Wildman–Crippen MR) is 85.5 cm³/mol. The summed E-state index contributed by atoms with van der Waals surface area (Å²) in [4.78, 5) is 14.8. The van der Waals surface area contributed by atoms with Gasteiger partial charge in [-0.05, 0) is 36.5 Å². The quantitative estimate of drug-likeness (QED) is 0.858. The van der Waals surface area contributed by atoms with E-state index in [2.05, 4.69) is 19.9 Å². The summed E-state index contributed by atoms with van der Waals surface area (Å²) in [6, 6.07) is 10.1. The summed E-state index contributed by atoms with van der Waals surface area (Å²) in [6.45, 7) is 5.54. The van der Waals surface area contributed by atoms with E-state index in [9.17, 15) is 4.79 Å². The molecule has 1 aliphatic rings. The standard InChI is InChI=1S/C18H24N2O2/c1-13(2)17(15-4-6-16(22-3)7-5-15)18(21)20-10-8-14(12-19)9-11-20/h4-7,13-14,17H,8-11H2,1-3H3. The maximum Gasteiger partial charge on any atom is 0.230 e. The molecule has 0 radical (unpaired) electrons. The minimum absolute atomic E-state index is 0.0996. The van der Waals surface area contributed by atoms with Crippen LogP contribution < -0.4 is 4.74 Å². The van der Waals surface area contributed by atoms with Gasteiger partial charge in [0.05, 0.1) is 19.1 Å². The molecular formula is C18H24N2O2. The Morgan fingerprint density at radius 2 is 1.86 bits per heavy atom. The first kappa shape index (κ1) is 16.4. The molecule has 1 amide bonds. The Balaban J connectivity index is 2.13. The zero-order valence-corrected chi connectivity index (χ0v) is 13.6. The van der Waals surface area contributed by atoms with Crippen LogP contribution in [-0.2, 0) is 4.79 Å². The van der Waals surface area contributed by atoms with Crippen molar-refractivity contribution in [1.29, 1.82) is 5.26 Å². The molecule has 1 unspecified atom stereocenters. The van der Waals surface area contributed by atoms with Crippen LogP contribution in [0.4, 0.5) is 0 Å². The highest BCUT2D eigenvalue weighted by Gasteiger charge is 2.31. The largest absolute Gasteiger partial charge is 0.497 e. The minimum Gasteiger partial charge on any atom is -0.497 e. The fourth-order valence-corrected chi connectivity index (χ4v) is 3.05. The maximum absolute atomic E-state index is 12.9. The average Bonchev–Trinajstić information content (AvgIpc) is 2.55. The van der Waals surface area contributed by atoms with E-state index in [0.717, 1.165) is 24.2 Å². The Morgan fingerprint density at radius 3 is 2.32 bits per heavy atom. The minimum atomic E-state index is -0.135. The molecule has 0 aliphatic carbocycles. The third kappa shape index (κ3) is 3.59. The number of carbonyl (C=O) groups excluding carboxylic acids is 1. The number of hydrogen-bond donors (Lipinski definition) is 0. The highest BCUT2D eigenvalue weighted by atomic mass is 16.5. The third-order valence-electron chi connectivity index (χ3n) is 4.40. The highest BCUT2D eigenvalue weighted by molar-refractivity contribution is 5.84. The monoisotopic (exact) mass is 300 g/mol. The molecule has 1 saturated heterocycles. The van der Waals surface area contributed by atoms with Crippen LogP contribution >= 0.6 is 0 Å². The van der Waals surface area contributed by atoms with Gasteiger partial charge in [0.15, 0.2) is 0 Å². The smallest absolute Gasteiger partial charge is 0.230 e. The Bertz CT molecular complexity index is 537. The summed E-state index contributed by atoms with van der Waals surface area (Å²) < 4.78 is 5.18. The van der Waals surface area contributed by atoms with E-state index in [1.54, 1.807) is 7.11 Å². The van der Waals surface area contributed by atoms with E-state index in [1.165, 1.54) is 0 Å². The van der Waals surface area contributed by atoms with Crippen molar-refractivity contribution in [2.45, 2.75) is 32.6 Å². The predicted octanol–water partition coefficient (Wildman–Crippen LogP) is 3.20. The molecule has 4 heteroatoms. The van der Waals surface area contributed by atoms with Crippen LogP contribution in [0.3, 0.4) is 0 Å². The Morgan fingerprint density at radius 1 is 1.27 bits per heavy atom. The van der Waals surface area contributed by atoms with Crippen LogP contribution in [-0.4, -0.2) is 31.0 Å². The van der Waals surface area contributed by atoms with Gasteiger partial charge >= 0.3 is 0 Å². The van der Waals surface area contributed by atoms with Gasteiger partial charge in [0.1, 0.15) is 5.75 Å². The number of methoxy groups -OCH3 is 1. The average molecular weight is 300 g/mol. The molecule has 0 saturated carbocycles. The van der Waals surface area contributed by atoms with Crippen molar-refractivity contribution in [2.75, 3.05) is 20.2 Å². The van der Waals surface area contributed by atoms with Crippen LogP contribution in [0.1, 0.15) is 38.2 Å². The number of carbonyl (C=O) groups is 1. The van der Waals surface area contributed by atoms with E-state index in [0.29, 0.717) is 13.1 Å². The summed E-state index contributed by atoms with van der Waals surface area (Å²) in [5.74, 6) is 1.17. The van der Waals surface area contributed by atoms with Crippen LogP contribution in [0.2, 0.25) is 0 Å². The molecule has 1 atom stereocenters. The molecule has 0 spiro atoms. The van der Waals surface area contributed by atoms with Gasteiger partial charge in [0, 0.05) is 19.0 Å². The molecule has 118 valence electrons. The molecule has 1 aliphatic heterocycles. The number of ether oxygens (including phenoxy) is 1. The fraction of sp³-hybridized carbons (Fsp3) is 0.556. The van der Waals surface area contributed by atoms with E-state index in [-0.39, 0.29) is 23.7 Å². The van der Waals surface area contributed by atoms with Gasteiger partial charge < -0.3 is 9.64 Å². The fourth-order valence-electron chi connectivity index (χ4n) is 3.05. The number of piperidine rings is 1. The van der Waals surface area contributed by atoms with Crippen LogP contribution in [0.25, 0.3) is 0 Å². The molecule has 0 aromatic heterocycles. The van der Waals surface area contributed by atoms with E-state index in [1.807, 2.05) is 29.2 Å². The highest BCUT2D eigenvalue weighted by Crippen LogP contribution is 2.30. The number of hydrogen-bond acceptors (Lipinski definition) is 3. The lowest BCUT2D eigenvalue weighted by molar-refractivity contribution is -0.135. The molecule has 0 bridgehead atoms. The third-order valence-corrected chi connectivity index (χ3v) is 4.40. The van der Waals surface area contributed by atoms with Crippen molar-refractivity contribution >= 4 is 5.91 Å². The second-order valence-electron chi connectivity index (χ2n) is 6.22. The first-order valence-electron chi connectivity index (χ1n) is 7.89. The second kappa shape index (κ2) is 7.31. The van der Waals surface area contributed by atoms with Crippen LogP contribution in [0, 0.1) is 23.2 Å². The zero-order valence-electron chi connectivity index (χ0n) is 13.6. The number of amides is 1. The number of rotatable bonds is 4. The lowest BCUT2D eigenvalue weighted by atomic mass is 9.86. The van der Waals surface area contributed by atoms with Crippen molar-refractivity contribution in [3.8, 4) is 11.8 Å². The van der Waals surface area contributed by atoms with Gasteiger partial charge in [-0.15, -0.1) is 0 Å². The lowest BCUT2D eigenvalue weighted by Crippen LogP contribution is -2.42. The SMILES string of the molecule is COc1ccc(C(C(=O)N2CCC(C#N)CC2)C(C)C)cc1. The first-order chi connectivity index (χ1) is 10.6. The van der Waals surface area contributed by atoms with Gasteiger partial charge in [-0.25, -0.2) is 0 Å². The zero-order chi connectivity index (χ0) is 16.1. The summed E-state index contributed by atoms with van der Waals surface area (Å²) in [5, 5.41) is 8.98. The Hall–Kier alpha value is -2.02. The number of nitriles is 1. The van der Waals surface area contributed by atoms with E-state index < -0.39 is 0 Å². The van der Waals surface area contributed by atoms with Crippen molar-refractivity contribution in [1.82, 2.24) is 4.90 Å². The van der Waals surface area contributed by atoms with Crippen LogP contribution in [0.15, 0.2) is 24.3 Å². The molecule has 4 nitrogen and oxygen atoms in total. The summed E-state index contributed by atoms with van der Waals surface area (Å²) >= 11 is 0. The van der Waals surface area contributed by atoms with Crippen molar-refractivity contribution < 1.29 is 9.53 Å². The number of likely N-dealkylation sites (tertiary alicyclic amines) is 1. The molecule has 1 aromatic carbocycles. The summed E-state index contributed by atoms with van der Waals surface area (Å²) in [6.07, 6.45) is 1.57. The molecular weight excluding hydrogens is 276 g/mol. The Labute approximate surface area is 132 Å². The van der Waals surface area contributed by atoms with Crippen molar-refractivity contribution in [2.24, 2.45) is 11.8 Å². The topological polar surface area (TPSA) is 53.3 Å². The van der Waals surface area contributed by atoms with Gasteiger partial charge in [0.2, 0.25) is 5.91 Å². The molecule has 0 N–H and O–H groups in total. The number of benzene rings is 1.